The van der Waals surface area contributed by atoms with Crippen molar-refractivity contribution in [3.63, 3.8) is 0 Å². The molecule has 27 heavy (non-hydrogen) atoms. The maximum absolute atomic E-state index is 11.6. The average Bonchev–Trinajstić information content (AvgIpc) is 3.34. The third-order valence-corrected chi connectivity index (χ3v) is 5.42. The van der Waals surface area contributed by atoms with Gasteiger partial charge in [-0.2, -0.15) is 5.26 Å². The molecule has 5 heteroatoms. The van der Waals surface area contributed by atoms with Crippen LogP contribution in [0.4, 0.5) is 0 Å². The number of hydrogen-bond acceptors (Lipinski definition) is 4. The van der Waals surface area contributed by atoms with Gasteiger partial charge in [-0.15, -0.1) is 11.3 Å². The highest BCUT2D eigenvalue weighted by Crippen LogP contribution is 2.39. The van der Waals surface area contributed by atoms with Crippen LogP contribution in [0.5, 0.6) is 0 Å². The van der Waals surface area contributed by atoms with E-state index in [0.29, 0.717) is 10.4 Å². The monoisotopic (exact) mass is 369 g/mol. The van der Waals surface area contributed by atoms with Gasteiger partial charge in [0.1, 0.15) is 5.82 Å². The zero-order valence-electron chi connectivity index (χ0n) is 14.6. The van der Waals surface area contributed by atoms with E-state index in [1.807, 2.05) is 47.3 Å². The Hall–Kier alpha value is -3.49. The van der Waals surface area contributed by atoms with E-state index >= 15 is 0 Å². The Balaban J connectivity index is 1.78. The minimum absolute atomic E-state index is 0.600. The number of thiophene rings is 1. The Bertz CT molecular complexity index is 1150. The fraction of sp³-hybridized carbons (Fsp3) is 0.0455. The highest BCUT2D eigenvalue weighted by Gasteiger charge is 2.15. The first kappa shape index (κ1) is 17.0. The molecule has 130 valence electrons. The van der Waals surface area contributed by atoms with Crippen LogP contribution >= 0.6 is 11.3 Å². The van der Waals surface area contributed by atoms with Crippen molar-refractivity contribution >= 4 is 17.6 Å². The number of benzene rings is 2. The van der Waals surface area contributed by atoms with Gasteiger partial charge in [-0.05, 0) is 47.7 Å². The molecule has 0 saturated carbocycles. The number of imidazole rings is 1. The number of carbonyl (C=O) groups excluding carboxylic acids is 1. The maximum Gasteiger partial charge on any atom is 0.160 e. The summed E-state index contributed by atoms with van der Waals surface area (Å²) in [5, 5.41) is 11.0. The first-order chi connectivity index (χ1) is 13.2. The van der Waals surface area contributed by atoms with Crippen LogP contribution < -0.4 is 0 Å². The van der Waals surface area contributed by atoms with Gasteiger partial charge in [-0.1, -0.05) is 24.3 Å². The Kier molecular flexibility index (Phi) is 4.41. The second-order valence-electron chi connectivity index (χ2n) is 6.09. The van der Waals surface area contributed by atoms with Crippen molar-refractivity contribution in [2.45, 2.75) is 6.92 Å². The molecule has 2 heterocycles. The summed E-state index contributed by atoms with van der Waals surface area (Å²) < 4.78 is 2.02. The molecule has 0 unspecified atom stereocenters. The van der Waals surface area contributed by atoms with Crippen LogP contribution in [0.1, 0.15) is 21.1 Å². The second-order valence-corrected chi connectivity index (χ2v) is 7.00. The highest BCUT2D eigenvalue weighted by atomic mass is 32.1. The summed E-state index contributed by atoms with van der Waals surface area (Å²) in [5.74, 6) is 0.930. The van der Waals surface area contributed by atoms with Crippen molar-refractivity contribution in [2.24, 2.45) is 0 Å². The quantitative estimate of drug-likeness (QED) is 0.461. The molecule has 0 atom stereocenters. The van der Waals surface area contributed by atoms with Crippen molar-refractivity contribution in [1.82, 2.24) is 9.55 Å². The number of rotatable bonds is 4. The smallest absolute Gasteiger partial charge is 0.160 e. The van der Waals surface area contributed by atoms with Crippen LogP contribution in [-0.2, 0) is 0 Å². The first-order valence-corrected chi connectivity index (χ1v) is 9.27. The molecule has 0 radical (unpaired) electrons. The summed E-state index contributed by atoms with van der Waals surface area (Å²) in [6, 6.07) is 17.7. The minimum Gasteiger partial charge on any atom is -0.304 e. The van der Waals surface area contributed by atoms with Crippen LogP contribution in [0, 0.1) is 18.3 Å². The van der Waals surface area contributed by atoms with Gasteiger partial charge in [0.15, 0.2) is 6.29 Å². The number of hydrogen-bond donors (Lipinski definition) is 0. The van der Waals surface area contributed by atoms with E-state index in [1.165, 1.54) is 11.3 Å². The Morgan fingerprint density at radius 1 is 1.07 bits per heavy atom. The zero-order valence-corrected chi connectivity index (χ0v) is 15.4. The first-order valence-electron chi connectivity index (χ1n) is 8.39. The van der Waals surface area contributed by atoms with E-state index in [1.54, 1.807) is 18.3 Å². The summed E-state index contributed by atoms with van der Waals surface area (Å²) in [6.07, 6.45) is 4.61. The van der Waals surface area contributed by atoms with Crippen LogP contribution in [0.15, 0.2) is 66.3 Å². The molecule has 2 aromatic carbocycles. The van der Waals surface area contributed by atoms with E-state index in [4.69, 9.17) is 5.26 Å². The minimum atomic E-state index is 0.600. The maximum atomic E-state index is 11.6. The normalized spacial score (nSPS) is 10.5. The number of aryl methyl sites for hydroxylation is 1. The molecular weight excluding hydrogens is 354 g/mol. The number of carbonyl (C=O) groups is 1. The van der Waals surface area contributed by atoms with Gasteiger partial charge in [0, 0.05) is 29.2 Å². The fourth-order valence-corrected chi connectivity index (χ4v) is 4.03. The van der Waals surface area contributed by atoms with E-state index < -0.39 is 0 Å². The molecule has 0 fully saturated rings. The van der Waals surface area contributed by atoms with Crippen molar-refractivity contribution in [3.05, 3.63) is 82.6 Å². The Labute approximate surface area is 161 Å². The standard InChI is InChI=1S/C22H15N3OS/c1-15-24-10-11-25(15)19-8-6-17(7-9-19)20-14-27-21(13-26)22(20)18-4-2-16(12-23)3-5-18/h2-11,13-14H,1H3. The molecule has 0 saturated heterocycles. The molecule has 0 aliphatic carbocycles. The molecule has 4 nitrogen and oxygen atoms in total. The summed E-state index contributed by atoms with van der Waals surface area (Å²) in [6.45, 7) is 1.96. The number of nitriles is 1. The van der Waals surface area contributed by atoms with E-state index in [0.717, 1.165) is 40.1 Å². The van der Waals surface area contributed by atoms with Crippen molar-refractivity contribution < 1.29 is 4.79 Å². The van der Waals surface area contributed by atoms with Gasteiger partial charge in [-0.25, -0.2) is 4.98 Å². The predicted octanol–water partition coefficient (Wildman–Crippen LogP) is 5.26. The largest absolute Gasteiger partial charge is 0.304 e. The lowest BCUT2D eigenvalue weighted by atomic mass is 9.96. The van der Waals surface area contributed by atoms with Crippen LogP contribution in [0.3, 0.4) is 0 Å². The molecule has 0 N–H and O–H groups in total. The van der Waals surface area contributed by atoms with Crippen LogP contribution in [-0.4, -0.2) is 15.8 Å². The van der Waals surface area contributed by atoms with Gasteiger partial charge in [0.2, 0.25) is 0 Å². The average molecular weight is 369 g/mol. The number of nitrogens with zero attached hydrogens (tertiary/aromatic N) is 3. The van der Waals surface area contributed by atoms with Gasteiger partial charge in [0.25, 0.3) is 0 Å². The Morgan fingerprint density at radius 2 is 1.78 bits per heavy atom. The summed E-state index contributed by atoms with van der Waals surface area (Å²) in [5.41, 5.74) is 5.54. The van der Waals surface area contributed by atoms with Gasteiger partial charge < -0.3 is 4.57 Å². The predicted molar refractivity (Wildman–Crippen MR) is 107 cm³/mol. The van der Waals surface area contributed by atoms with Crippen molar-refractivity contribution in [2.75, 3.05) is 0 Å². The van der Waals surface area contributed by atoms with E-state index in [2.05, 4.69) is 23.2 Å². The van der Waals surface area contributed by atoms with Crippen LogP contribution in [0.2, 0.25) is 0 Å². The summed E-state index contributed by atoms with van der Waals surface area (Å²) in [7, 11) is 0. The fourth-order valence-electron chi connectivity index (χ4n) is 3.13. The molecule has 0 aliphatic heterocycles. The Morgan fingerprint density at radius 3 is 2.37 bits per heavy atom. The van der Waals surface area contributed by atoms with Gasteiger partial charge in [-0.3, -0.25) is 4.79 Å². The van der Waals surface area contributed by atoms with Crippen molar-refractivity contribution in [1.29, 1.82) is 5.26 Å². The molecule has 0 bridgehead atoms. The second kappa shape index (κ2) is 7.02. The molecule has 0 amide bonds. The van der Waals surface area contributed by atoms with Gasteiger partial charge in [0.05, 0.1) is 16.5 Å². The third-order valence-electron chi connectivity index (χ3n) is 4.51. The summed E-state index contributed by atoms with van der Waals surface area (Å²) >= 11 is 1.43. The SMILES string of the molecule is Cc1nccn1-c1ccc(-c2csc(C=O)c2-c2ccc(C#N)cc2)cc1. The molecule has 2 aromatic heterocycles. The molecular formula is C22H15N3OS. The molecule has 4 aromatic rings. The lowest BCUT2D eigenvalue weighted by Gasteiger charge is -2.09. The lowest BCUT2D eigenvalue weighted by Crippen LogP contribution is -1.95. The third kappa shape index (κ3) is 3.07. The molecule has 4 rings (SSSR count). The topological polar surface area (TPSA) is 58.7 Å². The van der Waals surface area contributed by atoms with Crippen LogP contribution in [0.25, 0.3) is 27.9 Å². The highest BCUT2D eigenvalue weighted by molar-refractivity contribution is 7.12. The van der Waals surface area contributed by atoms with Gasteiger partial charge >= 0.3 is 0 Å². The van der Waals surface area contributed by atoms with E-state index in [-0.39, 0.29) is 0 Å². The van der Waals surface area contributed by atoms with Crippen molar-refractivity contribution in [3.8, 4) is 34.0 Å². The molecule has 0 spiro atoms. The summed E-state index contributed by atoms with van der Waals surface area (Å²) in [4.78, 5) is 16.5. The lowest BCUT2D eigenvalue weighted by molar-refractivity contribution is 0.112. The zero-order chi connectivity index (χ0) is 18.8. The number of aldehydes is 1. The molecule has 0 aliphatic rings. The van der Waals surface area contributed by atoms with E-state index in [9.17, 15) is 4.79 Å². The number of aromatic nitrogens is 2.